The Morgan fingerprint density at radius 3 is 1.67 bits per heavy atom. The molecule has 11 aromatic rings. The fourth-order valence-electron chi connectivity index (χ4n) is 8.03. The van der Waals surface area contributed by atoms with Crippen LogP contribution in [0.25, 0.3) is 106 Å². The molecule has 0 N–H and O–H groups in total. The Bertz CT molecular complexity index is 3250. The predicted molar refractivity (Wildman–Crippen MR) is 232 cm³/mol. The fraction of sp³-hybridized carbons (Fsp3) is 0. The lowest BCUT2D eigenvalue weighted by Gasteiger charge is -2.14. The molecule has 6 heteroatoms. The smallest absolute Gasteiger partial charge is 0.145 e. The van der Waals surface area contributed by atoms with Gasteiger partial charge >= 0.3 is 0 Å². The Kier molecular flexibility index (Phi) is 7.71. The number of fused-ring (bicyclic) bond motifs is 6. The second kappa shape index (κ2) is 13.5. The third-order valence-corrected chi connectivity index (χ3v) is 10.7. The van der Waals surface area contributed by atoms with E-state index >= 15 is 0 Å². The molecule has 6 nitrogen and oxygen atoms in total. The molecule has 0 fully saturated rings. The summed E-state index contributed by atoms with van der Waals surface area (Å²) in [5.41, 5.74) is 15.3. The second-order valence-electron chi connectivity index (χ2n) is 14.1. The molecule has 0 radical (unpaired) electrons. The first-order valence-corrected chi connectivity index (χ1v) is 19.0. The summed E-state index contributed by atoms with van der Waals surface area (Å²) in [7, 11) is 0. The van der Waals surface area contributed by atoms with E-state index in [1.807, 2.05) is 54.9 Å². The number of hydrogen-bond acceptors (Lipinski definition) is 5. The summed E-state index contributed by atoms with van der Waals surface area (Å²) in [4.78, 5) is 25.7. The summed E-state index contributed by atoms with van der Waals surface area (Å²) in [6.45, 7) is 0. The molecule has 0 amide bonds. The quantitative estimate of drug-likeness (QED) is 0.159. The fourth-order valence-corrected chi connectivity index (χ4v) is 8.03. The summed E-state index contributed by atoms with van der Waals surface area (Å²) in [5.74, 6) is 0.806. The van der Waals surface area contributed by atoms with E-state index in [9.17, 15) is 0 Å². The molecular formula is C51H32N6. The van der Waals surface area contributed by atoms with E-state index in [2.05, 4.69) is 144 Å². The van der Waals surface area contributed by atoms with E-state index in [0.29, 0.717) is 0 Å². The van der Waals surface area contributed by atoms with Crippen molar-refractivity contribution in [3.05, 3.63) is 194 Å². The lowest BCUT2D eigenvalue weighted by Crippen LogP contribution is -2.00. The van der Waals surface area contributed by atoms with Gasteiger partial charge in [-0.3, -0.25) is 14.5 Å². The number of rotatable bonds is 6. The van der Waals surface area contributed by atoms with Crippen LogP contribution in [-0.4, -0.2) is 29.5 Å². The zero-order valence-corrected chi connectivity index (χ0v) is 30.7. The lowest BCUT2D eigenvalue weighted by atomic mass is 9.95. The molecule has 5 heterocycles. The number of aromatic nitrogens is 6. The van der Waals surface area contributed by atoms with Gasteiger partial charge in [0.05, 0.1) is 27.9 Å². The van der Waals surface area contributed by atoms with Gasteiger partial charge in [0.2, 0.25) is 0 Å². The largest absolute Gasteiger partial charge is 0.290 e. The van der Waals surface area contributed by atoms with E-state index in [0.717, 1.165) is 106 Å². The van der Waals surface area contributed by atoms with E-state index in [1.165, 1.54) is 0 Å². The molecule has 6 aromatic carbocycles. The highest BCUT2D eigenvalue weighted by atomic mass is 15.1. The lowest BCUT2D eigenvalue weighted by molar-refractivity contribution is 1.10. The first-order chi connectivity index (χ1) is 28.3. The van der Waals surface area contributed by atoms with Gasteiger partial charge in [0.15, 0.2) is 0 Å². The first-order valence-electron chi connectivity index (χ1n) is 19.0. The molecule has 0 unspecified atom stereocenters. The van der Waals surface area contributed by atoms with Gasteiger partial charge in [-0.15, -0.1) is 0 Å². The summed E-state index contributed by atoms with van der Waals surface area (Å²) >= 11 is 0. The average Bonchev–Trinajstić information content (AvgIpc) is 3.70. The van der Waals surface area contributed by atoms with Crippen LogP contribution in [0.15, 0.2) is 194 Å². The van der Waals surface area contributed by atoms with Crippen LogP contribution in [0.2, 0.25) is 0 Å². The molecule has 0 aliphatic carbocycles. The molecule has 0 bridgehead atoms. The second-order valence-corrected chi connectivity index (χ2v) is 14.1. The highest BCUT2D eigenvalue weighted by molar-refractivity contribution is 6.13. The monoisotopic (exact) mass is 728 g/mol. The van der Waals surface area contributed by atoms with Crippen molar-refractivity contribution >= 4 is 43.9 Å². The van der Waals surface area contributed by atoms with Gasteiger partial charge in [-0.2, -0.15) is 0 Å². The number of para-hydroxylation sites is 1. The Hall–Kier alpha value is -7.83. The van der Waals surface area contributed by atoms with Crippen molar-refractivity contribution in [1.82, 2.24) is 29.5 Å². The highest BCUT2D eigenvalue weighted by Crippen LogP contribution is 2.40. The van der Waals surface area contributed by atoms with E-state index in [-0.39, 0.29) is 0 Å². The van der Waals surface area contributed by atoms with Crippen LogP contribution in [0.4, 0.5) is 0 Å². The van der Waals surface area contributed by atoms with Crippen molar-refractivity contribution in [3.8, 4) is 61.8 Å². The molecule has 266 valence electrons. The van der Waals surface area contributed by atoms with Crippen LogP contribution in [0.5, 0.6) is 0 Å². The van der Waals surface area contributed by atoms with Gasteiger partial charge in [-0.25, -0.2) is 15.0 Å². The molecule has 5 aromatic heterocycles. The zero-order chi connectivity index (χ0) is 37.7. The third kappa shape index (κ3) is 5.54. The van der Waals surface area contributed by atoms with Crippen LogP contribution >= 0.6 is 0 Å². The van der Waals surface area contributed by atoms with Crippen LogP contribution in [-0.2, 0) is 0 Å². The normalized spacial score (nSPS) is 11.5. The van der Waals surface area contributed by atoms with Crippen LogP contribution < -0.4 is 0 Å². The standard InChI is InChI=1S/C51H32N6/c1-5-14-33(15-6-1)39-29-31-53-46-40(39)27-28-41-42(34-16-7-2-8-17-34)32-44(55-47(41)46)35-23-25-37(26-24-35)51-56-49-48-43(22-13-30-52-48)54-45(36-18-9-3-10-19-36)50(49)57(51)38-20-11-4-12-21-38/h1-32H. The summed E-state index contributed by atoms with van der Waals surface area (Å²) in [6.07, 6.45) is 3.70. The minimum atomic E-state index is 0.768. The van der Waals surface area contributed by atoms with Crippen molar-refractivity contribution in [1.29, 1.82) is 0 Å². The third-order valence-electron chi connectivity index (χ3n) is 10.7. The van der Waals surface area contributed by atoms with Gasteiger partial charge in [0.1, 0.15) is 22.4 Å². The maximum absolute atomic E-state index is 5.38. The number of hydrogen-bond donors (Lipinski definition) is 0. The summed E-state index contributed by atoms with van der Waals surface area (Å²) in [5, 5.41) is 2.13. The molecular weight excluding hydrogens is 697 g/mol. The highest BCUT2D eigenvalue weighted by Gasteiger charge is 2.23. The Balaban J connectivity index is 1.12. The van der Waals surface area contributed by atoms with Gasteiger partial charge < -0.3 is 0 Å². The number of pyridine rings is 4. The average molecular weight is 729 g/mol. The topological polar surface area (TPSA) is 69.4 Å². The molecule has 0 atom stereocenters. The first kappa shape index (κ1) is 32.6. The minimum Gasteiger partial charge on any atom is -0.290 e. The SMILES string of the molecule is c1ccc(-c2ccnc3c2ccc2c(-c4ccccc4)cc(-c4ccc(-c5nc6c7ncccc7nc(-c7ccccc7)c6n5-c5ccccc5)cc4)nc23)cc1. The van der Waals surface area contributed by atoms with Gasteiger partial charge in [-0.05, 0) is 58.7 Å². The van der Waals surface area contributed by atoms with Crippen LogP contribution in [0, 0.1) is 0 Å². The Labute approximate surface area is 328 Å². The van der Waals surface area contributed by atoms with Gasteiger partial charge in [0, 0.05) is 45.5 Å². The molecule has 11 rings (SSSR count). The number of nitrogens with zero attached hydrogens (tertiary/aromatic N) is 6. The molecule has 0 aliphatic rings. The molecule has 57 heavy (non-hydrogen) atoms. The van der Waals surface area contributed by atoms with Crippen molar-refractivity contribution < 1.29 is 0 Å². The van der Waals surface area contributed by atoms with Crippen molar-refractivity contribution in [2.75, 3.05) is 0 Å². The maximum atomic E-state index is 5.38. The number of benzene rings is 6. The van der Waals surface area contributed by atoms with Crippen LogP contribution in [0.3, 0.4) is 0 Å². The zero-order valence-electron chi connectivity index (χ0n) is 30.7. The molecule has 0 spiro atoms. The summed E-state index contributed by atoms with van der Waals surface area (Å²) in [6, 6.07) is 62.9. The van der Waals surface area contributed by atoms with E-state index in [1.54, 1.807) is 0 Å². The van der Waals surface area contributed by atoms with E-state index in [4.69, 9.17) is 24.9 Å². The van der Waals surface area contributed by atoms with E-state index < -0.39 is 0 Å². The molecule has 0 aliphatic heterocycles. The molecule has 0 saturated carbocycles. The van der Waals surface area contributed by atoms with Crippen molar-refractivity contribution in [3.63, 3.8) is 0 Å². The van der Waals surface area contributed by atoms with Crippen molar-refractivity contribution in [2.24, 2.45) is 0 Å². The minimum absolute atomic E-state index is 0.768. The van der Waals surface area contributed by atoms with Crippen molar-refractivity contribution in [2.45, 2.75) is 0 Å². The molecule has 0 saturated heterocycles. The maximum Gasteiger partial charge on any atom is 0.145 e. The van der Waals surface area contributed by atoms with Gasteiger partial charge in [0.25, 0.3) is 0 Å². The Morgan fingerprint density at radius 2 is 0.965 bits per heavy atom. The number of imidazole rings is 1. The Morgan fingerprint density at radius 1 is 0.368 bits per heavy atom. The summed E-state index contributed by atoms with van der Waals surface area (Å²) < 4.78 is 2.22. The van der Waals surface area contributed by atoms with Gasteiger partial charge in [-0.1, -0.05) is 146 Å². The van der Waals surface area contributed by atoms with Crippen LogP contribution in [0.1, 0.15) is 0 Å². The predicted octanol–water partition coefficient (Wildman–Crippen LogP) is 12.4.